The fourth-order valence-electron chi connectivity index (χ4n) is 1.81. The van der Waals surface area contributed by atoms with Crippen molar-refractivity contribution in [3.63, 3.8) is 0 Å². The molecule has 0 bridgehead atoms. The second-order valence-corrected chi connectivity index (χ2v) is 8.63. The van der Waals surface area contributed by atoms with Crippen LogP contribution in [-0.2, 0) is 14.8 Å². The van der Waals surface area contributed by atoms with Gasteiger partial charge in [0.2, 0.25) is 21.1 Å². The number of sulfonamides is 1. The molecule has 1 amide bonds. The van der Waals surface area contributed by atoms with E-state index in [1.54, 1.807) is 25.1 Å². The fourth-order valence-corrected chi connectivity index (χ4v) is 4.17. The van der Waals surface area contributed by atoms with Crippen molar-refractivity contribution >= 4 is 49.8 Å². The Morgan fingerprint density at radius 3 is 2.88 bits per heavy atom. The molecule has 134 valence electrons. The molecule has 0 aliphatic carbocycles. The number of aromatic nitrogens is 2. The molecular weight excluding hydrogens is 382 g/mol. The van der Waals surface area contributed by atoms with Crippen molar-refractivity contribution in [3.8, 4) is 0 Å². The van der Waals surface area contributed by atoms with Crippen molar-refractivity contribution in [1.82, 2.24) is 10.2 Å². The molecule has 0 atom stereocenters. The van der Waals surface area contributed by atoms with Crippen molar-refractivity contribution in [2.24, 2.45) is 5.14 Å². The summed E-state index contributed by atoms with van der Waals surface area (Å²) in [5.41, 5.74) is 0.883. The summed E-state index contributed by atoms with van der Waals surface area (Å²) < 4.78 is 23.7. The largest absolute Gasteiger partial charge is 0.357 e. The number of nitrogens with zero attached hydrogens (tertiary/aromatic N) is 2. The molecule has 11 heteroatoms. The number of benzene rings is 1. The number of primary sulfonamides is 1. The maximum atomic E-state index is 12.0. The molecule has 0 fully saturated rings. The van der Waals surface area contributed by atoms with E-state index in [1.165, 1.54) is 29.2 Å². The summed E-state index contributed by atoms with van der Waals surface area (Å²) >= 11 is 2.57. The van der Waals surface area contributed by atoms with Crippen LogP contribution >= 0.6 is 23.1 Å². The Labute approximate surface area is 154 Å². The van der Waals surface area contributed by atoms with Crippen LogP contribution in [0.2, 0.25) is 0 Å². The SMILES string of the molecule is C=CCNc1nnc(SCC(=O)Nc2ccc(C)c(S(N)(=O)=O)c2)s1. The number of hydrogen-bond acceptors (Lipinski definition) is 8. The molecule has 0 spiro atoms. The zero-order valence-electron chi connectivity index (χ0n) is 13.4. The lowest BCUT2D eigenvalue weighted by Crippen LogP contribution is -2.17. The lowest BCUT2D eigenvalue weighted by atomic mass is 10.2. The van der Waals surface area contributed by atoms with E-state index in [0.717, 1.165) is 0 Å². The Balaban J connectivity index is 1.94. The normalized spacial score (nSPS) is 11.1. The Morgan fingerprint density at radius 2 is 2.20 bits per heavy atom. The molecule has 4 N–H and O–H groups in total. The second kappa shape index (κ2) is 8.43. The number of thioether (sulfide) groups is 1. The first-order valence-corrected chi connectivity index (χ1v) is 10.4. The molecule has 1 heterocycles. The maximum Gasteiger partial charge on any atom is 0.238 e. The summed E-state index contributed by atoms with van der Waals surface area (Å²) in [6.45, 7) is 5.82. The number of anilines is 2. The first kappa shape index (κ1) is 19.4. The third-order valence-electron chi connectivity index (χ3n) is 2.91. The third-order valence-corrected chi connectivity index (χ3v) is 5.98. The van der Waals surface area contributed by atoms with E-state index in [1.807, 2.05) is 0 Å². The molecule has 0 aliphatic rings. The van der Waals surface area contributed by atoms with Crippen LogP contribution in [0.4, 0.5) is 10.8 Å². The number of aryl methyl sites for hydroxylation is 1. The molecule has 0 aliphatic heterocycles. The van der Waals surface area contributed by atoms with Gasteiger partial charge in [-0.3, -0.25) is 4.79 Å². The van der Waals surface area contributed by atoms with Gasteiger partial charge in [-0.25, -0.2) is 13.6 Å². The van der Waals surface area contributed by atoms with E-state index < -0.39 is 10.0 Å². The highest BCUT2D eigenvalue weighted by Crippen LogP contribution is 2.25. The Bertz CT molecular complexity index is 880. The van der Waals surface area contributed by atoms with E-state index in [4.69, 9.17) is 5.14 Å². The van der Waals surface area contributed by atoms with Gasteiger partial charge < -0.3 is 10.6 Å². The summed E-state index contributed by atoms with van der Waals surface area (Å²) in [5.74, 6) is -0.167. The van der Waals surface area contributed by atoms with E-state index in [0.29, 0.717) is 27.3 Å². The van der Waals surface area contributed by atoms with Gasteiger partial charge in [0.25, 0.3) is 0 Å². The molecule has 1 aromatic heterocycles. The van der Waals surface area contributed by atoms with Gasteiger partial charge >= 0.3 is 0 Å². The fraction of sp³-hybridized carbons (Fsp3) is 0.214. The van der Waals surface area contributed by atoms with E-state index in [9.17, 15) is 13.2 Å². The van der Waals surface area contributed by atoms with Gasteiger partial charge in [-0.05, 0) is 24.6 Å². The number of nitrogens with one attached hydrogen (secondary N) is 2. The molecule has 0 radical (unpaired) electrons. The minimum absolute atomic E-state index is 0.0139. The Hall–Kier alpha value is -1.95. The van der Waals surface area contributed by atoms with Crippen LogP contribution in [0.1, 0.15) is 5.56 Å². The van der Waals surface area contributed by atoms with Crippen LogP contribution in [0, 0.1) is 6.92 Å². The van der Waals surface area contributed by atoms with Gasteiger partial charge in [-0.1, -0.05) is 35.2 Å². The molecule has 0 unspecified atom stereocenters. The molecular formula is C14H17N5O3S3. The number of carbonyl (C=O) groups is 1. The first-order valence-electron chi connectivity index (χ1n) is 7.04. The van der Waals surface area contributed by atoms with E-state index in [-0.39, 0.29) is 16.6 Å². The average Bonchev–Trinajstić information content (AvgIpc) is 2.99. The highest BCUT2D eigenvalue weighted by Gasteiger charge is 2.14. The standard InChI is InChI=1S/C14H17N5O3S3/c1-3-6-16-13-18-19-14(24-13)23-8-12(20)17-10-5-4-9(2)11(7-10)25(15,21)22/h3-5,7H,1,6,8H2,2H3,(H,16,18)(H,17,20)(H2,15,21,22). The first-order chi connectivity index (χ1) is 11.8. The van der Waals surface area contributed by atoms with Gasteiger partial charge in [0.05, 0.1) is 10.6 Å². The minimum atomic E-state index is -3.84. The highest BCUT2D eigenvalue weighted by molar-refractivity contribution is 8.01. The van der Waals surface area contributed by atoms with Gasteiger partial charge in [0.1, 0.15) is 0 Å². The average molecular weight is 400 g/mol. The zero-order valence-corrected chi connectivity index (χ0v) is 15.8. The molecule has 0 saturated carbocycles. The lowest BCUT2D eigenvalue weighted by Gasteiger charge is -2.08. The highest BCUT2D eigenvalue weighted by atomic mass is 32.2. The molecule has 8 nitrogen and oxygen atoms in total. The van der Waals surface area contributed by atoms with E-state index in [2.05, 4.69) is 27.4 Å². The quantitative estimate of drug-likeness (QED) is 0.456. The second-order valence-electron chi connectivity index (χ2n) is 4.90. The van der Waals surface area contributed by atoms with Crippen LogP contribution in [0.5, 0.6) is 0 Å². The van der Waals surface area contributed by atoms with Crippen LogP contribution in [0.25, 0.3) is 0 Å². The maximum absolute atomic E-state index is 12.0. The topological polar surface area (TPSA) is 127 Å². The molecule has 25 heavy (non-hydrogen) atoms. The number of carbonyl (C=O) groups excluding carboxylic acids is 1. The lowest BCUT2D eigenvalue weighted by molar-refractivity contribution is -0.113. The van der Waals surface area contributed by atoms with Crippen molar-refractivity contribution in [2.75, 3.05) is 22.9 Å². The molecule has 2 rings (SSSR count). The summed E-state index contributed by atoms with van der Waals surface area (Å²) in [6.07, 6.45) is 1.71. The van der Waals surface area contributed by atoms with E-state index >= 15 is 0 Å². The van der Waals surface area contributed by atoms with Crippen LogP contribution in [0.3, 0.4) is 0 Å². The number of hydrogen-bond donors (Lipinski definition) is 3. The minimum Gasteiger partial charge on any atom is -0.357 e. The number of nitrogens with two attached hydrogens (primary N) is 1. The predicted octanol–water partition coefficient (Wildman–Crippen LogP) is 1.82. The summed E-state index contributed by atoms with van der Waals surface area (Å²) in [5, 5.41) is 19.4. The third kappa shape index (κ3) is 5.81. The van der Waals surface area contributed by atoms with Crippen molar-refractivity contribution < 1.29 is 13.2 Å². The van der Waals surface area contributed by atoms with Crippen LogP contribution in [0.15, 0.2) is 40.1 Å². The number of rotatable bonds is 8. The van der Waals surface area contributed by atoms with Gasteiger partial charge in [0, 0.05) is 12.2 Å². The molecule has 2 aromatic rings. The van der Waals surface area contributed by atoms with Gasteiger partial charge in [0.15, 0.2) is 4.34 Å². The monoisotopic (exact) mass is 399 g/mol. The van der Waals surface area contributed by atoms with Crippen molar-refractivity contribution in [1.29, 1.82) is 0 Å². The van der Waals surface area contributed by atoms with Crippen LogP contribution < -0.4 is 15.8 Å². The Morgan fingerprint density at radius 1 is 1.44 bits per heavy atom. The Kier molecular flexibility index (Phi) is 6.53. The zero-order chi connectivity index (χ0) is 18.4. The van der Waals surface area contributed by atoms with Crippen molar-refractivity contribution in [3.05, 3.63) is 36.4 Å². The summed E-state index contributed by atoms with van der Waals surface area (Å²) in [7, 11) is -3.84. The molecule has 1 aromatic carbocycles. The summed E-state index contributed by atoms with van der Waals surface area (Å²) in [6, 6.07) is 4.55. The van der Waals surface area contributed by atoms with Gasteiger partial charge in [-0.15, -0.1) is 16.8 Å². The van der Waals surface area contributed by atoms with Crippen LogP contribution in [-0.4, -0.2) is 36.8 Å². The predicted molar refractivity (Wildman–Crippen MR) is 101 cm³/mol. The molecule has 0 saturated heterocycles. The summed E-state index contributed by atoms with van der Waals surface area (Å²) in [4.78, 5) is 12.0. The van der Waals surface area contributed by atoms with Crippen molar-refractivity contribution in [2.45, 2.75) is 16.2 Å². The smallest absolute Gasteiger partial charge is 0.238 e. The van der Waals surface area contributed by atoms with Gasteiger partial charge in [-0.2, -0.15) is 0 Å². The number of amides is 1.